The minimum Gasteiger partial charge on any atom is -0.457 e. The Morgan fingerprint density at radius 2 is 1.80 bits per heavy atom. The predicted octanol–water partition coefficient (Wildman–Crippen LogP) is 5.63. The first-order valence-corrected chi connectivity index (χ1v) is 9.71. The fourth-order valence-electron chi connectivity index (χ4n) is 1.97. The number of aromatic nitrogens is 1. The minimum absolute atomic E-state index is 0.0655. The number of hydrogen-bond acceptors (Lipinski definition) is 5. The lowest BCUT2D eigenvalue weighted by Crippen LogP contribution is -2.13. The van der Waals surface area contributed by atoms with Crippen LogP contribution in [0.4, 0.5) is 5.69 Å². The molecule has 0 spiro atoms. The monoisotopic (exact) mass is 390 g/mol. The van der Waals surface area contributed by atoms with Gasteiger partial charge < -0.3 is 10.1 Å². The van der Waals surface area contributed by atoms with Crippen molar-refractivity contribution in [3.63, 3.8) is 0 Å². The lowest BCUT2D eigenvalue weighted by atomic mass is 10.3. The van der Waals surface area contributed by atoms with Crippen LogP contribution in [0.25, 0.3) is 0 Å². The normalized spacial score (nSPS) is 10.5. The number of nitrogens with zero attached hydrogens (tertiary/aromatic N) is 1. The summed E-state index contributed by atoms with van der Waals surface area (Å²) in [6.45, 7) is 1.94. The third kappa shape index (κ3) is 5.49. The Bertz CT molecular complexity index is 848. The van der Waals surface area contributed by atoms with Gasteiger partial charge in [0.2, 0.25) is 5.91 Å². The van der Waals surface area contributed by atoms with Crippen LogP contribution in [-0.2, 0) is 4.79 Å². The van der Waals surface area contributed by atoms with E-state index in [0.717, 1.165) is 15.7 Å². The Labute approximate surface area is 159 Å². The molecule has 1 N–H and O–H groups in total. The minimum atomic E-state index is -0.0655. The first-order valence-electron chi connectivity index (χ1n) is 7.47. The zero-order valence-electron chi connectivity index (χ0n) is 13.4. The van der Waals surface area contributed by atoms with E-state index in [1.807, 2.05) is 24.4 Å². The Kier molecular flexibility index (Phi) is 5.96. The van der Waals surface area contributed by atoms with Crippen molar-refractivity contribution >= 4 is 46.3 Å². The number of thioether (sulfide) groups is 1. The second-order valence-corrected chi connectivity index (χ2v) is 7.69. The van der Waals surface area contributed by atoms with Gasteiger partial charge in [-0.25, -0.2) is 4.98 Å². The molecule has 0 bridgehead atoms. The molecule has 0 aliphatic heterocycles. The number of ether oxygens (including phenoxy) is 1. The number of anilines is 1. The molecule has 7 heteroatoms. The van der Waals surface area contributed by atoms with Crippen molar-refractivity contribution in [3.05, 3.63) is 64.6 Å². The maximum Gasteiger partial charge on any atom is 0.234 e. The average molecular weight is 391 g/mol. The molecule has 0 radical (unpaired) electrons. The van der Waals surface area contributed by atoms with Crippen molar-refractivity contribution in [3.8, 4) is 11.5 Å². The summed E-state index contributed by atoms with van der Waals surface area (Å²) in [6.07, 6.45) is 0. The molecule has 1 amide bonds. The Hall–Kier alpha value is -2.02. The molecule has 1 heterocycles. The number of carbonyl (C=O) groups is 1. The van der Waals surface area contributed by atoms with E-state index in [1.165, 1.54) is 11.8 Å². The second kappa shape index (κ2) is 8.38. The molecule has 0 unspecified atom stereocenters. The zero-order valence-corrected chi connectivity index (χ0v) is 15.8. The maximum atomic E-state index is 12.0. The van der Waals surface area contributed by atoms with E-state index in [4.69, 9.17) is 16.3 Å². The lowest BCUT2D eigenvalue weighted by molar-refractivity contribution is -0.113. The number of rotatable bonds is 6. The van der Waals surface area contributed by atoms with Gasteiger partial charge in [-0.15, -0.1) is 11.3 Å². The van der Waals surface area contributed by atoms with Crippen LogP contribution in [0.2, 0.25) is 5.02 Å². The molecular weight excluding hydrogens is 376 g/mol. The summed E-state index contributed by atoms with van der Waals surface area (Å²) < 4.78 is 6.62. The van der Waals surface area contributed by atoms with Crippen molar-refractivity contribution in [1.82, 2.24) is 4.98 Å². The fourth-order valence-corrected chi connectivity index (χ4v) is 3.74. The SMILES string of the molecule is Cc1csc(SCC(=O)Nc2ccc(Oc3ccc(Cl)cc3)cc2)n1. The zero-order chi connectivity index (χ0) is 17.6. The standard InChI is InChI=1S/C18H15ClN2O2S2/c1-12-10-24-18(20-12)25-11-17(22)21-14-4-8-16(9-5-14)23-15-6-2-13(19)3-7-15/h2-10H,11H2,1H3,(H,21,22). The number of hydrogen-bond donors (Lipinski definition) is 1. The van der Waals surface area contributed by atoms with Crippen LogP contribution in [0.5, 0.6) is 11.5 Å². The average Bonchev–Trinajstić information content (AvgIpc) is 3.02. The highest BCUT2D eigenvalue weighted by Crippen LogP contribution is 2.25. The first kappa shape index (κ1) is 17.8. The summed E-state index contributed by atoms with van der Waals surface area (Å²) in [5, 5.41) is 5.50. The molecule has 4 nitrogen and oxygen atoms in total. The van der Waals surface area contributed by atoms with Gasteiger partial charge in [0.1, 0.15) is 11.5 Å². The van der Waals surface area contributed by atoms with Gasteiger partial charge in [-0.3, -0.25) is 4.79 Å². The fraction of sp³-hybridized carbons (Fsp3) is 0.111. The van der Waals surface area contributed by atoms with E-state index in [2.05, 4.69) is 10.3 Å². The third-order valence-electron chi connectivity index (χ3n) is 3.11. The summed E-state index contributed by atoms with van der Waals surface area (Å²) >= 11 is 8.83. The third-order valence-corrected chi connectivity index (χ3v) is 5.50. The molecule has 0 saturated carbocycles. The summed E-state index contributed by atoms with van der Waals surface area (Å²) in [7, 11) is 0. The van der Waals surface area contributed by atoms with Crippen LogP contribution in [-0.4, -0.2) is 16.6 Å². The topological polar surface area (TPSA) is 51.2 Å². The van der Waals surface area contributed by atoms with E-state index in [0.29, 0.717) is 22.3 Å². The molecule has 25 heavy (non-hydrogen) atoms. The van der Waals surface area contributed by atoms with Gasteiger partial charge in [0, 0.05) is 21.8 Å². The number of thiazole rings is 1. The van der Waals surface area contributed by atoms with Crippen LogP contribution >= 0.6 is 34.7 Å². The molecular formula is C18H15ClN2O2S2. The molecule has 2 aromatic carbocycles. The largest absolute Gasteiger partial charge is 0.457 e. The molecule has 1 aromatic heterocycles. The van der Waals surface area contributed by atoms with Gasteiger partial charge >= 0.3 is 0 Å². The van der Waals surface area contributed by atoms with E-state index in [9.17, 15) is 4.79 Å². The number of benzene rings is 2. The van der Waals surface area contributed by atoms with E-state index in [1.54, 1.807) is 47.7 Å². The highest BCUT2D eigenvalue weighted by Gasteiger charge is 2.06. The number of carbonyl (C=O) groups excluding carboxylic acids is 1. The molecule has 0 saturated heterocycles. The second-order valence-electron chi connectivity index (χ2n) is 5.17. The van der Waals surface area contributed by atoms with Crippen molar-refractivity contribution < 1.29 is 9.53 Å². The molecule has 128 valence electrons. The van der Waals surface area contributed by atoms with E-state index < -0.39 is 0 Å². The maximum absolute atomic E-state index is 12.0. The molecule has 3 rings (SSSR count). The van der Waals surface area contributed by atoms with Gasteiger partial charge in [-0.2, -0.15) is 0 Å². The van der Waals surface area contributed by atoms with E-state index in [-0.39, 0.29) is 5.91 Å². The molecule has 0 aliphatic rings. The first-order chi connectivity index (χ1) is 12.1. The quantitative estimate of drug-likeness (QED) is 0.554. The predicted molar refractivity (Wildman–Crippen MR) is 104 cm³/mol. The van der Waals surface area contributed by atoms with Crippen molar-refractivity contribution in [2.45, 2.75) is 11.3 Å². The van der Waals surface area contributed by atoms with Gasteiger partial charge in [-0.05, 0) is 55.5 Å². The van der Waals surface area contributed by atoms with Crippen LogP contribution in [0.1, 0.15) is 5.69 Å². The molecule has 3 aromatic rings. The smallest absolute Gasteiger partial charge is 0.234 e. The molecule has 0 aliphatic carbocycles. The molecule has 0 fully saturated rings. The summed E-state index contributed by atoms with van der Waals surface area (Å²) in [6, 6.07) is 14.4. The number of nitrogens with one attached hydrogen (secondary N) is 1. The van der Waals surface area contributed by atoms with Crippen LogP contribution in [0.15, 0.2) is 58.3 Å². The van der Waals surface area contributed by atoms with Gasteiger partial charge in [0.25, 0.3) is 0 Å². The van der Waals surface area contributed by atoms with Gasteiger partial charge in [0.15, 0.2) is 4.34 Å². The lowest BCUT2D eigenvalue weighted by Gasteiger charge is -2.08. The van der Waals surface area contributed by atoms with Crippen LogP contribution < -0.4 is 10.1 Å². The number of amides is 1. The van der Waals surface area contributed by atoms with Crippen LogP contribution in [0.3, 0.4) is 0 Å². The highest BCUT2D eigenvalue weighted by atomic mass is 35.5. The summed E-state index contributed by atoms with van der Waals surface area (Å²) in [4.78, 5) is 16.3. The summed E-state index contributed by atoms with van der Waals surface area (Å²) in [5.74, 6) is 1.66. The number of aryl methyl sites for hydroxylation is 1. The summed E-state index contributed by atoms with van der Waals surface area (Å²) in [5.41, 5.74) is 1.70. The Morgan fingerprint density at radius 1 is 1.16 bits per heavy atom. The molecule has 0 atom stereocenters. The van der Waals surface area contributed by atoms with Crippen molar-refractivity contribution in [1.29, 1.82) is 0 Å². The van der Waals surface area contributed by atoms with Gasteiger partial charge in [0.05, 0.1) is 5.75 Å². The Morgan fingerprint density at radius 3 is 2.40 bits per heavy atom. The van der Waals surface area contributed by atoms with Crippen molar-refractivity contribution in [2.24, 2.45) is 0 Å². The van der Waals surface area contributed by atoms with E-state index >= 15 is 0 Å². The Balaban J connectivity index is 1.51. The highest BCUT2D eigenvalue weighted by molar-refractivity contribution is 8.01. The van der Waals surface area contributed by atoms with Crippen LogP contribution in [0, 0.1) is 6.92 Å². The number of halogens is 1. The van der Waals surface area contributed by atoms with Gasteiger partial charge in [-0.1, -0.05) is 23.4 Å². The van der Waals surface area contributed by atoms with Crippen molar-refractivity contribution in [2.75, 3.05) is 11.1 Å².